The lowest BCUT2D eigenvalue weighted by atomic mass is 10.1. The Morgan fingerprint density at radius 3 is 2.46 bits per heavy atom. The maximum Gasteiger partial charge on any atom is 0.342 e. The highest BCUT2D eigenvalue weighted by molar-refractivity contribution is 9.10. The monoisotopic (exact) mass is 394 g/mol. The molecule has 0 heterocycles. The summed E-state index contributed by atoms with van der Waals surface area (Å²) >= 11 is 3.20. The molecule has 126 valence electrons. The number of ether oxygens (including phenoxy) is 3. The molecule has 7 heteroatoms. The zero-order valence-electron chi connectivity index (χ0n) is 13.0. The number of hydrogen-bond acceptors (Lipinski definition) is 6. The van der Waals surface area contributed by atoms with Crippen LogP contribution in [0.1, 0.15) is 20.7 Å². The number of phenolic OH excluding ortho intramolecular Hbond substituents is 1. The first-order valence-electron chi connectivity index (χ1n) is 6.87. The van der Waals surface area contributed by atoms with E-state index in [4.69, 9.17) is 14.2 Å². The van der Waals surface area contributed by atoms with Crippen LogP contribution in [0.3, 0.4) is 0 Å². The Morgan fingerprint density at radius 1 is 1.04 bits per heavy atom. The summed E-state index contributed by atoms with van der Waals surface area (Å²) in [5.74, 6) is -0.649. The van der Waals surface area contributed by atoms with Crippen LogP contribution < -0.4 is 9.47 Å². The number of aromatic hydroxyl groups is 1. The Morgan fingerprint density at radius 2 is 1.79 bits per heavy atom. The maximum absolute atomic E-state index is 12.3. The van der Waals surface area contributed by atoms with Gasteiger partial charge in [-0.25, -0.2) is 4.79 Å². The van der Waals surface area contributed by atoms with Crippen LogP contribution in [0, 0.1) is 0 Å². The Hall–Kier alpha value is -2.54. The van der Waals surface area contributed by atoms with E-state index >= 15 is 0 Å². The third-order valence-corrected chi connectivity index (χ3v) is 3.71. The molecule has 0 aliphatic heterocycles. The average Bonchev–Trinajstić information content (AvgIpc) is 2.60. The van der Waals surface area contributed by atoms with Crippen molar-refractivity contribution in [2.45, 2.75) is 0 Å². The molecule has 24 heavy (non-hydrogen) atoms. The number of rotatable bonds is 6. The zero-order chi connectivity index (χ0) is 17.7. The van der Waals surface area contributed by atoms with Gasteiger partial charge in [-0.2, -0.15) is 0 Å². The minimum atomic E-state index is -0.802. The molecule has 0 radical (unpaired) electrons. The molecule has 0 spiro atoms. The highest BCUT2D eigenvalue weighted by Gasteiger charge is 2.18. The summed E-state index contributed by atoms with van der Waals surface area (Å²) in [5, 5.41) is 9.69. The molecule has 0 atom stereocenters. The maximum atomic E-state index is 12.3. The molecule has 0 bridgehead atoms. The van der Waals surface area contributed by atoms with Crippen LogP contribution in [0.25, 0.3) is 0 Å². The van der Waals surface area contributed by atoms with Crippen LogP contribution in [-0.4, -0.2) is 37.7 Å². The van der Waals surface area contributed by atoms with Gasteiger partial charge in [-0.15, -0.1) is 0 Å². The van der Waals surface area contributed by atoms with Crippen LogP contribution in [-0.2, 0) is 4.74 Å². The summed E-state index contributed by atoms with van der Waals surface area (Å²) in [6, 6.07) is 9.10. The fourth-order valence-corrected chi connectivity index (χ4v) is 2.35. The molecule has 2 rings (SSSR count). The number of carbonyl (C=O) groups excluding carboxylic acids is 2. The van der Waals surface area contributed by atoms with E-state index in [1.54, 1.807) is 18.2 Å². The predicted octanol–water partition coefficient (Wildman–Crippen LogP) is 3.21. The molecule has 0 aromatic heterocycles. The second-order valence-electron chi connectivity index (χ2n) is 4.73. The third-order valence-electron chi connectivity index (χ3n) is 3.22. The van der Waals surface area contributed by atoms with Crippen molar-refractivity contribution in [3.05, 3.63) is 52.0 Å². The Bertz CT molecular complexity index is 772. The fourth-order valence-electron chi connectivity index (χ4n) is 1.99. The Balaban J connectivity index is 2.13. The second-order valence-corrected chi connectivity index (χ2v) is 5.64. The molecule has 0 aliphatic carbocycles. The van der Waals surface area contributed by atoms with Gasteiger partial charge in [-0.05, 0) is 36.4 Å². The molecule has 0 fully saturated rings. The van der Waals surface area contributed by atoms with Gasteiger partial charge >= 0.3 is 5.97 Å². The van der Waals surface area contributed by atoms with Crippen LogP contribution in [0.2, 0.25) is 0 Å². The molecule has 6 nitrogen and oxygen atoms in total. The van der Waals surface area contributed by atoms with E-state index in [-0.39, 0.29) is 16.9 Å². The largest absolute Gasteiger partial charge is 0.507 e. The topological polar surface area (TPSA) is 82.1 Å². The number of phenols is 1. The third kappa shape index (κ3) is 4.05. The van der Waals surface area contributed by atoms with Gasteiger partial charge < -0.3 is 19.3 Å². The Kier molecular flexibility index (Phi) is 5.81. The summed E-state index contributed by atoms with van der Waals surface area (Å²) in [5.41, 5.74) is 0.206. The van der Waals surface area contributed by atoms with Crippen molar-refractivity contribution in [3.8, 4) is 17.2 Å². The standard InChI is InChI=1S/C17H15BrO6/c1-22-11-4-6-16(23-2)12(8-11)15(20)9-24-17(21)13-7-10(18)3-5-14(13)19/h3-8,19H,9H2,1-2H3. The average molecular weight is 395 g/mol. The fraction of sp³-hybridized carbons (Fsp3) is 0.176. The molecule has 0 saturated carbocycles. The van der Waals surface area contributed by atoms with E-state index in [0.717, 1.165) is 0 Å². The van der Waals surface area contributed by atoms with E-state index in [0.29, 0.717) is 16.0 Å². The number of hydrogen-bond donors (Lipinski definition) is 1. The van der Waals surface area contributed by atoms with Gasteiger partial charge in [0.25, 0.3) is 0 Å². The lowest BCUT2D eigenvalue weighted by Crippen LogP contribution is -2.15. The van der Waals surface area contributed by atoms with Gasteiger partial charge in [-0.1, -0.05) is 15.9 Å². The molecule has 2 aromatic rings. The molecule has 2 aromatic carbocycles. The van der Waals surface area contributed by atoms with E-state index in [9.17, 15) is 14.7 Å². The molecule has 0 amide bonds. The van der Waals surface area contributed by atoms with Crippen molar-refractivity contribution in [3.63, 3.8) is 0 Å². The number of esters is 1. The summed E-state index contributed by atoms with van der Waals surface area (Å²) in [6.07, 6.45) is 0. The first-order chi connectivity index (χ1) is 11.5. The highest BCUT2D eigenvalue weighted by atomic mass is 79.9. The number of methoxy groups -OCH3 is 2. The van der Waals surface area contributed by atoms with Crippen LogP contribution in [0.15, 0.2) is 40.9 Å². The van der Waals surface area contributed by atoms with Crippen LogP contribution in [0.5, 0.6) is 17.2 Å². The zero-order valence-corrected chi connectivity index (χ0v) is 14.6. The molecule has 0 aliphatic rings. The van der Waals surface area contributed by atoms with Crippen LogP contribution >= 0.6 is 15.9 Å². The minimum Gasteiger partial charge on any atom is -0.507 e. The molecular formula is C17H15BrO6. The minimum absolute atomic E-state index is 0.0326. The van der Waals surface area contributed by atoms with Crippen molar-refractivity contribution >= 4 is 27.7 Å². The molecule has 0 saturated heterocycles. The Labute approximate surface area is 147 Å². The number of benzene rings is 2. The number of ketones is 1. The van der Waals surface area contributed by atoms with E-state index in [2.05, 4.69) is 15.9 Å². The van der Waals surface area contributed by atoms with E-state index in [1.807, 2.05) is 0 Å². The van der Waals surface area contributed by atoms with Crippen molar-refractivity contribution in [2.75, 3.05) is 20.8 Å². The second kappa shape index (κ2) is 7.83. The summed E-state index contributed by atoms with van der Waals surface area (Å²) in [7, 11) is 2.91. The summed E-state index contributed by atoms with van der Waals surface area (Å²) in [4.78, 5) is 24.3. The highest BCUT2D eigenvalue weighted by Crippen LogP contribution is 2.25. The first kappa shape index (κ1) is 17.8. The van der Waals surface area contributed by atoms with E-state index < -0.39 is 18.4 Å². The van der Waals surface area contributed by atoms with Gasteiger partial charge in [0.2, 0.25) is 5.78 Å². The smallest absolute Gasteiger partial charge is 0.342 e. The van der Waals surface area contributed by atoms with Gasteiger partial charge in [-0.3, -0.25) is 4.79 Å². The first-order valence-corrected chi connectivity index (χ1v) is 7.66. The predicted molar refractivity (Wildman–Crippen MR) is 90.0 cm³/mol. The molecular weight excluding hydrogens is 380 g/mol. The number of halogens is 1. The van der Waals surface area contributed by atoms with Crippen molar-refractivity contribution in [2.24, 2.45) is 0 Å². The SMILES string of the molecule is COc1ccc(OC)c(C(=O)COC(=O)c2cc(Br)ccc2O)c1. The quantitative estimate of drug-likeness (QED) is 0.598. The lowest BCUT2D eigenvalue weighted by Gasteiger charge is -2.10. The van der Waals surface area contributed by atoms with Crippen molar-refractivity contribution in [1.29, 1.82) is 0 Å². The normalized spacial score (nSPS) is 10.1. The lowest BCUT2D eigenvalue weighted by molar-refractivity contribution is 0.0471. The molecule has 0 unspecified atom stereocenters. The van der Waals surface area contributed by atoms with E-state index in [1.165, 1.54) is 32.4 Å². The van der Waals surface area contributed by atoms with Gasteiger partial charge in [0.1, 0.15) is 22.8 Å². The van der Waals surface area contributed by atoms with Crippen molar-refractivity contribution < 1.29 is 28.9 Å². The number of carbonyl (C=O) groups is 2. The number of Topliss-reactive ketones (excluding diaryl/α,β-unsaturated/α-hetero) is 1. The van der Waals surface area contributed by atoms with Gasteiger partial charge in [0, 0.05) is 4.47 Å². The van der Waals surface area contributed by atoms with Crippen molar-refractivity contribution in [1.82, 2.24) is 0 Å². The summed E-state index contributed by atoms with van der Waals surface area (Å²) in [6.45, 7) is -0.492. The summed E-state index contributed by atoms with van der Waals surface area (Å²) < 4.78 is 15.8. The van der Waals surface area contributed by atoms with Crippen LogP contribution in [0.4, 0.5) is 0 Å². The van der Waals surface area contributed by atoms with Gasteiger partial charge in [0.15, 0.2) is 6.61 Å². The van der Waals surface area contributed by atoms with Gasteiger partial charge in [0.05, 0.1) is 19.8 Å². The molecule has 1 N–H and O–H groups in total.